The molecule has 3 amide bonds. The van der Waals surface area contributed by atoms with Crippen molar-refractivity contribution in [2.45, 2.75) is 52.5 Å². The minimum absolute atomic E-state index is 0.0356. The standard InChI is InChI=1S/C23H30N2O4/c1-4-10-24(11-5-2)19(26)13-17(18-9-6-14(3)29-18)25-22(27)20-15-7-8-16(12-15)21(20)23(25)28/h6-9,15-17,20-21H,4-5,10-13H2,1-3H3. The molecule has 1 aromatic heterocycles. The second kappa shape index (κ2) is 7.81. The van der Waals surface area contributed by atoms with Gasteiger partial charge in [0.1, 0.15) is 17.6 Å². The molecular formula is C23H30N2O4. The van der Waals surface area contributed by atoms with Crippen molar-refractivity contribution in [3.05, 3.63) is 35.8 Å². The molecule has 0 N–H and O–H groups in total. The van der Waals surface area contributed by atoms with Crippen molar-refractivity contribution in [1.82, 2.24) is 9.80 Å². The number of carbonyl (C=O) groups excluding carboxylic acids is 3. The topological polar surface area (TPSA) is 70.8 Å². The van der Waals surface area contributed by atoms with E-state index in [9.17, 15) is 14.4 Å². The molecule has 2 fully saturated rings. The fraction of sp³-hybridized carbons (Fsp3) is 0.609. The molecule has 0 aromatic carbocycles. The van der Waals surface area contributed by atoms with E-state index in [2.05, 4.69) is 12.2 Å². The van der Waals surface area contributed by atoms with Crippen molar-refractivity contribution in [3.63, 3.8) is 0 Å². The summed E-state index contributed by atoms with van der Waals surface area (Å²) in [4.78, 5) is 42.9. The van der Waals surface area contributed by atoms with E-state index in [-0.39, 0.29) is 47.8 Å². The number of nitrogens with zero attached hydrogens (tertiary/aromatic N) is 2. The van der Waals surface area contributed by atoms with Crippen molar-refractivity contribution >= 4 is 17.7 Å². The third kappa shape index (κ3) is 3.32. The first-order valence-corrected chi connectivity index (χ1v) is 10.9. The van der Waals surface area contributed by atoms with Crippen LogP contribution in [0.1, 0.15) is 57.1 Å². The number of rotatable bonds is 8. The molecule has 4 rings (SSSR count). The second-order valence-corrected chi connectivity index (χ2v) is 8.60. The predicted molar refractivity (Wildman–Crippen MR) is 108 cm³/mol. The molecule has 2 aliphatic carbocycles. The lowest BCUT2D eigenvalue weighted by atomic mass is 9.85. The molecule has 6 heteroatoms. The van der Waals surface area contributed by atoms with Crippen LogP contribution in [0.5, 0.6) is 0 Å². The van der Waals surface area contributed by atoms with Crippen LogP contribution in [0.15, 0.2) is 28.7 Å². The van der Waals surface area contributed by atoms with E-state index < -0.39 is 6.04 Å². The molecular weight excluding hydrogens is 368 g/mol. The first-order chi connectivity index (χ1) is 14.0. The summed E-state index contributed by atoms with van der Waals surface area (Å²) in [6, 6.07) is 2.94. The van der Waals surface area contributed by atoms with E-state index in [1.165, 1.54) is 4.90 Å². The predicted octanol–water partition coefficient (Wildman–Crippen LogP) is 3.47. The monoisotopic (exact) mass is 398 g/mol. The molecule has 1 aliphatic heterocycles. The van der Waals surface area contributed by atoms with Gasteiger partial charge in [0.2, 0.25) is 17.7 Å². The molecule has 2 heterocycles. The van der Waals surface area contributed by atoms with Crippen LogP contribution in [-0.4, -0.2) is 40.6 Å². The van der Waals surface area contributed by atoms with Gasteiger partial charge in [-0.2, -0.15) is 0 Å². The number of allylic oxidation sites excluding steroid dienone is 2. The zero-order chi connectivity index (χ0) is 20.7. The highest BCUT2D eigenvalue weighted by molar-refractivity contribution is 6.07. The number of hydrogen-bond acceptors (Lipinski definition) is 4. The molecule has 2 bridgehead atoms. The average Bonchev–Trinajstić information content (AvgIpc) is 3.45. The van der Waals surface area contributed by atoms with Crippen LogP contribution in [0.25, 0.3) is 0 Å². The van der Waals surface area contributed by atoms with Gasteiger partial charge in [-0.1, -0.05) is 26.0 Å². The third-order valence-electron chi connectivity index (χ3n) is 6.61. The fourth-order valence-corrected chi connectivity index (χ4v) is 5.38. The summed E-state index contributed by atoms with van der Waals surface area (Å²) in [5.74, 6) is 0.676. The Kier molecular flexibility index (Phi) is 5.36. The average molecular weight is 399 g/mol. The summed E-state index contributed by atoms with van der Waals surface area (Å²) in [5, 5.41) is 0. The zero-order valence-corrected chi connectivity index (χ0v) is 17.5. The van der Waals surface area contributed by atoms with Gasteiger partial charge in [0.05, 0.1) is 18.3 Å². The highest BCUT2D eigenvalue weighted by atomic mass is 16.3. The van der Waals surface area contributed by atoms with Crippen LogP contribution in [0.2, 0.25) is 0 Å². The Morgan fingerprint density at radius 1 is 1.10 bits per heavy atom. The van der Waals surface area contributed by atoms with Crippen molar-refractivity contribution in [3.8, 4) is 0 Å². The quantitative estimate of drug-likeness (QED) is 0.497. The van der Waals surface area contributed by atoms with Gasteiger partial charge in [-0.25, -0.2) is 0 Å². The summed E-state index contributed by atoms with van der Waals surface area (Å²) in [6.07, 6.45) is 6.88. The van der Waals surface area contributed by atoms with Crippen molar-refractivity contribution < 1.29 is 18.8 Å². The number of likely N-dealkylation sites (tertiary alicyclic amines) is 1. The summed E-state index contributed by atoms with van der Waals surface area (Å²) < 4.78 is 5.81. The van der Waals surface area contributed by atoms with Crippen molar-refractivity contribution in [2.75, 3.05) is 13.1 Å². The molecule has 0 radical (unpaired) electrons. The molecule has 156 valence electrons. The zero-order valence-electron chi connectivity index (χ0n) is 17.5. The SMILES string of the molecule is CCCN(CCC)C(=O)CC(c1ccc(C)o1)N1C(=O)C2C3C=CC(C3)C2C1=O. The number of furan rings is 1. The normalized spacial score (nSPS) is 28.3. The first-order valence-electron chi connectivity index (χ1n) is 10.9. The van der Waals surface area contributed by atoms with Crippen molar-refractivity contribution in [1.29, 1.82) is 0 Å². The number of amides is 3. The van der Waals surface area contributed by atoms with Gasteiger partial charge >= 0.3 is 0 Å². The first kappa shape index (κ1) is 19.9. The van der Waals surface area contributed by atoms with Crippen LogP contribution in [0.4, 0.5) is 0 Å². The molecule has 6 nitrogen and oxygen atoms in total. The Labute approximate surface area is 171 Å². The van der Waals surface area contributed by atoms with Gasteiger partial charge < -0.3 is 9.32 Å². The smallest absolute Gasteiger partial charge is 0.234 e. The Morgan fingerprint density at radius 2 is 1.69 bits per heavy atom. The van der Waals surface area contributed by atoms with E-state index >= 15 is 0 Å². The molecule has 1 saturated carbocycles. The molecule has 1 aromatic rings. The molecule has 3 aliphatic rings. The maximum absolute atomic E-state index is 13.3. The minimum atomic E-state index is -0.669. The number of carbonyl (C=O) groups is 3. The molecule has 5 unspecified atom stereocenters. The molecule has 1 saturated heterocycles. The van der Waals surface area contributed by atoms with Gasteiger partial charge in [0.15, 0.2) is 0 Å². The summed E-state index contributed by atoms with van der Waals surface area (Å²) in [5.41, 5.74) is 0. The van der Waals surface area contributed by atoms with E-state index in [4.69, 9.17) is 4.42 Å². The van der Waals surface area contributed by atoms with Gasteiger partial charge in [0.25, 0.3) is 0 Å². The van der Waals surface area contributed by atoms with Crippen LogP contribution < -0.4 is 0 Å². The van der Waals surface area contributed by atoms with E-state index in [0.717, 1.165) is 19.3 Å². The lowest BCUT2D eigenvalue weighted by Gasteiger charge is -2.29. The second-order valence-electron chi connectivity index (χ2n) is 8.60. The number of imide groups is 1. The van der Waals surface area contributed by atoms with Gasteiger partial charge in [-0.05, 0) is 50.2 Å². The van der Waals surface area contributed by atoms with E-state index in [1.54, 1.807) is 6.07 Å². The summed E-state index contributed by atoms with van der Waals surface area (Å²) in [7, 11) is 0. The van der Waals surface area contributed by atoms with Crippen molar-refractivity contribution in [2.24, 2.45) is 23.7 Å². The molecule has 0 spiro atoms. The Hall–Kier alpha value is -2.37. The maximum atomic E-state index is 13.3. The van der Waals surface area contributed by atoms with E-state index in [1.807, 2.05) is 31.7 Å². The Balaban J connectivity index is 1.63. The summed E-state index contributed by atoms with van der Waals surface area (Å²) in [6.45, 7) is 7.27. The highest BCUT2D eigenvalue weighted by Gasteiger charge is 2.60. The summed E-state index contributed by atoms with van der Waals surface area (Å²) >= 11 is 0. The number of hydrogen-bond donors (Lipinski definition) is 0. The third-order valence-corrected chi connectivity index (χ3v) is 6.61. The Morgan fingerprint density at radius 3 is 2.17 bits per heavy atom. The molecule has 29 heavy (non-hydrogen) atoms. The Bertz CT molecular complexity index is 806. The molecule has 5 atom stereocenters. The number of aryl methyl sites for hydroxylation is 1. The van der Waals surface area contributed by atoms with Crippen LogP contribution >= 0.6 is 0 Å². The van der Waals surface area contributed by atoms with Crippen LogP contribution in [0.3, 0.4) is 0 Å². The lowest BCUT2D eigenvalue weighted by Crippen LogP contribution is -2.40. The van der Waals surface area contributed by atoms with Gasteiger partial charge in [-0.3, -0.25) is 19.3 Å². The maximum Gasteiger partial charge on any atom is 0.234 e. The van der Waals surface area contributed by atoms with Gasteiger partial charge in [-0.15, -0.1) is 0 Å². The number of fused-ring (bicyclic) bond motifs is 5. The lowest BCUT2D eigenvalue weighted by molar-refractivity contribution is -0.145. The van der Waals surface area contributed by atoms with Gasteiger partial charge in [0, 0.05) is 13.1 Å². The largest absolute Gasteiger partial charge is 0.464 e. The highest BCUT2D eigenvalue weighted by Crippen LogP contribution is 2.54. The minimum Gasteiger partial charge on any atom is -0.464 e. The fourth-order valence-electron chi connectivity index (χ4n) is 5.38. The van der Waals surface area contributed by atoms with Crippen LogP contribution in [0, 0.1) is 30.6 Å². The van der Waals surface area contributed by atoms with Crippen LogP contribution in [-0.2, 0) is 14.4 Å². The van der Waals surface area contributed by atoms with E-state index in [0.29, 0.717) is 24.6 Å².